The van der Waals surface area contributed by atoms with Crippen LogP contribution in [0.5, 0.6) is 0 Å². The van der Waals surface area contributed by atoms with Crippen LogP contribution in [0.2, 0.25) is 0 Å². The molecule has 21 heavy (non-hydrogen) atoms. The number of rotatable bonds is 3. The number of carbonyl (C=O) groups excluding carboxylic acids is 2. The predicted molar refractivity (Wildman–Crippen MR) is 75.6 cm³/mol. The highest BCUT2D eigenvalue weighted by molar-refractivity contribution is 5.99. The first-order chi connectivity index (χ1) is 9.95. The fourth-order valence-corrected chi connectivity index (χ4v) is 2.36. The largest absolute Gasteiger partial charge is 0.393 e. The Labute approximate surface area is 121 Å². The number of nitro benzene ring substituents is 1. The quantitative estimate of drug-likeness (QED) is 0.478. The number of hydrogen-bond donors (Lipinski definition) is 2. The van der Waals surface area contributed by atoms with Crippen LogP contribution in [0.15, 0.2) is 18.2 Å². The lowest BCUT2D eigenvalue weighted by molar-refractivity contribution is -0.383. The zero-order valence-corrected chi connectivity index (χ0v) is 11.5. The minimum Gasteiger partial charge on any atom is -0.393 e. The maximum absolute atomic E-state index is 12.5. The van der Waals surface area contributed by atoms with E-state index in [2.05, 4.69) is 5.32 Å². The van der Waals surface area contributed by atoms with Crippen LogP contribution in [0.25, 0.3) is 0 Å². The van der Waals surface area contributed by atoms with Gasteiger partial charge in [-0.05, 0) is 18.6 Å². The fraction of sp³-hybridized carbons (Fsp3) is 0.385. The fourth-order valence-electron chi connectivity index (χ4n) is 2.36. The van der Waals surface area contributed by atoms with Gasteiger partial charge in [-0.3, -0.25) is 19.7 Å². The maximum Gasteiger partial charge on any atom is 0.292 e. The van der Waals surface area contributed by atoms with Crippen LogP contribution in [0, 0.1) is 10.1 Å². The monoisotopic (exact) mass is 292 g/mol. The van der Waals surface area contributed by atoms with Gasteiger partial charge >= 0.3 is 0 Å². The molecule has 1 aromatic rings. The van der Waals surface area contributed by atoms with Crippen LogP contribution in [0.1, 0.15) is 23.7 Å². The first-order valence-corrected chi connectivity index (χ1v) is 6.58. The first-order valence-electron chi connectivity index (χ1n) is 6.58. The number of piperazine rings is 1. The van der Waals surface area contributed by atoms with Crippen molar-refractivity contribution < 1.29 is 14.5 Å². The molecule has 1 atom stereocenters. The average Bonchev–Trinajstić information content (AvgIpc) is 2.46. The minimum atomic E-state index is -0.633. The number of amides is 2. The second-order valence-electron chi connectivity index (χ2n) is 4.74. The maximum atomic E-state index is 12.5. The summed E-state index contributed by atoms with van der Waals surface area (Å²) in [7, 11) is 0. The SMILES string of the molecule is CCC1C(=O)NCCN1C(=O)c1ccc(N)c([N+](=O)[O-])c1. The number of anilines is 1. The Morgan fingerprint density at radius 1 is 1.57 bits per heavy atom. The third-order valence-corrected chi connectivity index (χ3v) is 3.45. The molecule has 3 N–H and O–H groups in total. The number of nitrogen functional groups attached to an aromatic ring is 1. The van der Waals surface area contributed by atoms with Crippen molar-refractivity contribution in [2.75, 3.05) is 18.8 Å². The summed E-state index contributed by atoms with van der Waals surface area (Å²) in [4.78, 5) is 35.9. The summed E-state index contributed by atoms with van der Waals surface area (Å²) >= 11 is 0. The van der Waals surface area contributed by atoms with E-state index in [0.717, 1.165) is 6.07 Å². The van der Waals surface area contributed by atoms with E-state index in [1.54, 1.807) is 6.92 Å². The Hall–Kier alpha value is -2.64. The van der Waals surface area contributed by atoms with Crippen LogP contribution < -0.4 is 11.1 Å². The third-order valence-electron chi connectivity index (χ3n) is 3.45. The summed E-state index contributed by atoms with van der Waals surface area (Å²) in [5, 5.41) is 13.6. The van der Waals surface area contributed by atoms with Crippen molar-refractivity contribution in [1.82, 2.24) is 10.2 Å². The molecule has 1 heterocycles. The van der Waals surface area contributed by atoms with Crippen molar-refractivity contribution in [3.8, 4) is 0 Å². The highest BCUT2D eigenvalue weighted by atomic mass is 16.6. The summed E-state index contributed by atoms with van der Waals surface area (Å²) < 4.78 is 0. The standard InChI is InChI=1S/C13H16N4O4/c1-2-10-12(18)15-5-6-16(10)13(19)8-3-4-9(14)11(7-8)17(20)21/h3-4,7,10H,2,5-6,14H2,1H3,(H,15,18). The Kier molecular flexibility index (Phi) is 4.06. The highest BCUT2D eigenvalue weighted by Gasteiger charge is 2.32. The van der Waals surface area contributed by atoms with E-state index in [1.165, 1.54) is 17.0 Å². The second-order valence-corrected chi connectivity index (χ2v) is 4.74. The van der Waals surface area contributed by atoms with Crippen molar-refractivity contribution in [2.24, 2.45) is 0 Å². The molecule has 1 aromatic carbocycles. The van der Waals surface area contributed by atoms with Crippen molar-refractivity contribution >= 4 is 23.2 Å². The van der Waals surface area contributed by atoms with E-state index < -0.39 is 16.9 Å². The Balaban J connectivity index is 2.33. The van der Waals surface area contributed by atoms with Gasteiger partial charge in [-0.1, -0.05) is 6.92 Å². The Morgan fingerprint density at radius 2 is 2.29 bits per heavy atom. The summed E-state index contributed by atoms with van der Waals surface area (Å²) in [6, 6.07) is 3.36. The van der Waals surface area contributed by atoms with Gasteiger partial charge in [0.15, 0.2) is 0 Å². The summed E-state index contributed by atoms with van der Waals surface area (Å²) in [5.74, 6) is -0.609. The second kappa shape index (κ2) is 5.78. The smallest absolute Gasteiger partial charge is 0.292 e. The Bertz CT molecular complexity index is 602. The van der Waals surface area contributed by atoms with Crippen LogP contribution in [-0.4, -0.2) is 40.8 Å². The molecule has 2 rings (SSSR count). The van der Waals surface area contributed by atoms with Crippen molar-refractivity contribution in [2.45, 2.75) is 19.4 Å². The molecule has 112 valence electrons. The molecule has 8 nitrogen and oxygen atoms in total. The van der Waals surface area contributed by atoms with E-state index in [1.807, 2.05) is 0 Å². The Morgan fingerprint density at radius 3 is 2.90 bits per heavy atom. The molecule has 0 aliphatic carbocycles. The molecule has 1 saturated heterocycles. The van der Waals surface area contributed by atoms with Crippen LogP contribution in [0.4, 0.5) is 11.4 Å². The van der Waals surface area contributed by atoms with E-state index in [0.29, 0.717) is 19.5 Å². The number of nitro groups is 1. The van der Waals surface area contributed by atoms with Gasteiger partial charge in [0.05, 0.1) is 4.92 Å². The van der Waals surface area contributed by atoms with Crippen molar-refractivity contribution in [3.05, 3.63) is 33.9 Å². The molecule has 1 fully saturated rings. The number of nitrogens with zero attached hydrogens (tertiary/aromatic N) is 2. The summed E-state index contributed by atoms with van der Waals surface area (Å²) in [6.07, 6.45) is 0.481. The number of nitrogens with one attached hydrogen (secondary N) is 1. The van der Waals surface area contributed by atoms with Gasteiger partial charge in [0.1, 0.15) is 11.7 Å². The lowest BCUT2D eigenvalue weighted by Crippen LogP contribution is -2.56. The summed E-state index contributed by atoms with van der Waals surface area (Å²) in [5.41, 5.74) is 5.36. The molecule has 0 spiro atoms. The van der Waals surface area contributed by atoms with Gasteiger partial charge in [-0.15, -0.1) is 0 Å². The van der Waals surface area contributed by atoms with Gasteiger partial charge in [-0.25, -0.2) is 0 Å². The molecule has 8 heteroatoms. The number of hydrogen-bond acceptors (Lipinski definition) is 5. The molecule has 1 aliphatic rings. The van der Waals surface area contributed by atoms with E-state index in [9.17, 15) is 19.7 Å². The predicted octanol–water partition coefficient (Wildman–Crippen LogP) is 0.528. The average molecular weight is 292 g/mol. The molecule has 0 bridgehead atoms. The first kappa shape index (κ1) is 14.8. The van der Waals surface area contributed by atoms with E-state index in [-0.39, 0.29) is 22.8 Å². The molecular weight excluding hydrogens is 276 g/mol. The zero-order valence-electron chi connectivity index (χ0n) is 11.5. The third kappa shape index (κ3) is 2.78. The zero-order chi connectivity index (χ0) is 15.6. The van der Waals surface area contributed by atoms with Gasteiger partial charge < -0.3 is 16.0 Å². The molecule has 0 radical (unpaired) electrons. The van der Waals surface area contributed by atoms with Crippen LogP contribution in [0.3, 0.4) is 0 Å². The molecule has 0 aromatic heterocycles. The molecular formula is C13H16N4O4. The number of carbonyl (C=O) groups is 2. The van der Waals surface area contributed by atoms with Gasteiger partial charge in [0.25, 0.3) is 11.6 Å². The normalized spacial score (nSPS) is 18.2. The van der Waals surface area contributed by atoms with Crippen molar-refractivity contribution in [3.63, 3.8) is 0 Å². The van der Waals surface area contributed by atoms with Crippen LogP contribution >= 0.6 is 0 Å². The number of nitrogens with two attached hydrogens (primary N) is 1. The van der Waals surface area contributed by atoms with Gasteiger partial charge in [0.2, 0.25) is 5.91 Å². The molecule has 1 unspecified atom stereocenters. The molecule has 2 amide bonds. The molecule has 0 saturated carbocycles. The topological polar surface area (TPSA) is 119 Å². The van der Waals surface area contributed by atoms with E-state index >= 15 is 0 Å². The van der Waals surface area contributed by atoms with E-state index in [4.69, 9.17) is 5.73 Å². The lowest BCUT2D eigenvalue weighted by Gasteiger charge is -2.34. The lowest BCUT2D eigenvalue weighted by atomic mass is 10.1. The highest BCUT2D eigenvalue weighted by Crippen LogP contribution is 2.24. The molecule has 1 aliphatic heterocycles. The summed E-state index contributed by atoms with van der Waals surface area (Å²) in [6.45, 7) is 2.56. The van der Waals surface area contributed by atoms with Crippen LogP contribution in [-0.2, 0) is 4.79 Å². The number of benzene rings is 1. The minimum absolute atomic E-state index is 0.0000197. The van der Waals surface area contributed by atoms with Gasteiger partial charge in [-0.2, -0.15) is 0 Å². The van der Waals surface area contributed by atoms with Crippen molar-refractivity contribution in [1.29, 1.82) is 0 Å². The van der Waals surface area contributed by atoms with Gasteiger partial charge in [0, 0.05) is 24.7 Å².